The SMILES string of the molecule is CC(C)(C)CCCC(=O)[C@@H]1C[C@H]2C[C@H]2N1C(=O)Cn1nc(C(N)=O)c2ccncc21. The number of amides is 2. The molecule has 0 aromatic carbocycles. The maximum atomic E-state index is 13.2. The van der Waals surface area contributed by atoms with Crippen LogP contribution in [0.1, 0.15) is 63.4 Å². The van der Waals surface area contributed by atoms with Crippen molar-refractivity contribution in [3.05, 3.63) is 24.2 Å². The molecule has 1 aliphatic heterocycles. The number of primary amides is 1. The van der Waals surface area contributed by atoms with Crippen LogP contribution >= 0.6 is 0 Å². The Morgan fingerprint density at radius 2 is 2.00 bits per heavy atom. The van der Waals surface area contributed by atoms with Crippen LogP contribution in [0, 0.1) is 11.3 Å². The van der Waals surface area contributed by atoms with Crippen LogP contribution in [0.2, 0.25) is 0 Å². The lowest BCUT2D eigenvalue weighted by Crippen LogP contribution is -2.44. The summed E-state index contributed by atoms with van der Waals surface area (Å²) in [6, 6.07) is 1.49. The third kappa shape index (κ3) is 3.95. The molecule has 8 nitrogen and oxygen atoms in total. The molecule has 0 spiro atoms. The number of carbonyl (C=O) groups excluding carboxylic acids is 3. The third-order valence-corrected chi connectivity index (χ3v) is 6.19. The highest BCUT2D eigenvalue weighted by Crippen LogP contribution is 2.48. The number of likely N-dealkylation sites (tertiary alicyclic amines) is 1. The Hall–Kier alpha value is -2.77. The van der Waals surface area contributed by atoms with E-state index in [1.807, 2.05) is 0 Å². The molecule has 8 heteroatoms. The Bertz CT molecular complexity index is 1010. The molecule has 1 saturated carbocycles. The van der Waals surface area contributed by atoms with Crippen molar-refractivity contribution in [1.29, 1.82) is 0 Å². The van der Waals surface area contributed by atoms with Crippen LogP contribution in [-0.4, -0.2) is 49.3 Å². The molecule has 0 unspecified atom stereocenters. The molecule has 2 amide bonds. The predicted octanol–water partition coefficient (Wildman–Crippen LogP) is 2.31. The highest BCUT2D eigenvalue weighted by Gasteiger charge is 2.55. The summed E-state index contributed by atoms with van der Waals surface area (Å²) in [5, 5.41) is 4.83. The molecule has 2 fully saturated rings. The first-order valence-corrected chi connectivity index (χ1v) is 10.6. The fraction of sp³-hybridized carbons (Fsp3) is 0.591. The molecule has 3 heterocycles. The maximum Gasteiger partial charge on any atom is 0.269 e. The van der Waals surface area contributed by atoms with E-state index in [-0.39, 0.29) is 41.4 Å². The van der Waals surface area contributed by atoms with Crippen molar-refractivity contribution in [2.24, 2.45) is 17.1 Å². The average Bonchev–Trinajstić information content (AvgIpc) is 3.17. The molecule has 0 radical (unpaired) electrons. The summed E-state index contributed by atoms with van der Waals surface area (Å²) in [7, 11) is 0. The van der Waals surface area contributed by atoms with Crippen molar-refractivity contribution >= 4 is 28.5 Å². The van der Waals surface area contributed by atoms with E-state index < -0.39 is 5.91 Å². The quantitative estimate of drug-likeness (QED) is 0.751. The molecular weight excluding hydrogens is 382 g/mol. The van der Waals surface area contributed by atoms with Crippen LogP contribution in [0.25, 0.3) is 10.9 Å². The van der Waals surface area contributed by atoms with Crippen molar-refractivity contribution < 1.29 is 14.4 Å². The number of piperidine rings is 1. The molecule has 30 heavy (non-hydrogen) atoms. The summed E-state index contributed by atoms with van der Waals surface area (Å²) in [4.78, 5) is 43.7. The number of ketones is 1. The number of rotatable bonds is 7. The van der Waals surface area contributed by atoms with E-state index in [4.69, 9.17) is 5.73 Å². The van der Waals surface area contributed by atoms with Crippen LogP contribution in [0.3, 0.4) is 0 Å². The van der Waals surface area contributed by atoms with Crippen LogP contribution < -0.4 is 5.73 Å². The number of nitrogens with two attached hydrogens (primary N) is 1. The lowest BCUT2D eigenvalue weighted by atomic mass is 9.88. The molecule has 3 atom stereocenters. The fourth-order valence-electron chi connectivity index (χ4n) is 4.59. The molecular formula is C22H29N5O3. The first-order chi connectivity index (χ1) is 14.2. The predicted molar refractivity (Wildman–Crippen MR) is 112 cm³/mol. The van der Waals surface area contributed by atoms with E-state index in [1.165, 1.54) is 4.68 Å². The molecule has 1 saturated heterocycles. The van der Waals surface area contributed by atoms with Crippen molar-refractivity contribution in [2.75, 3.05) is 0 Å². The number of hydrogen-bond acceptors (Lipinski definition) is 5. The Morgan fingerprint density at radius 1 is 1.23 bits per heavy atom. The van der Waals surface area contributed by atoms with Gasteiger partial charge in [-0.25, -0.2) is 0 Å². The van der Waals surface area contributed by atoms with Crippen LogP contribution in [0.4, 0.5) is 0 Å². The summed E-state index contributed by atoms with van der Waals surface area (Å²) in [6.45, 7) is 6.47. The minimum Gasteiger partial charge on any atom is -0.364 e. The second-order valence-corrected chi connectivity index (χ2v) is 9.76. The van der Waals surface area contributed by atoms with Crippen LogP contribution in [0.15, 0.2) is 18.5 Å². The van der Waals surface area contributed by atoms with E-state index in [1.54, 1.807) is 23.4 Å². The maximum absolute atomic E-state index is 13.2. The van der Waals surface area contributed by atoms with E-state index in [2.05, 4.69) is 30.9 Å². The fourth-order valence-corrected chi connectivity index (χ4v) is 4.59. The van der Waals surface area contributed by atoms with Gasteiger partial charge in [-0.15, -0.1) is 0 Å². The second-order valence-electron chi connectivity index (χ2n) is 9.76. The van der Waals surface area contributed by atoms with Gasteiger partial charge in [0.2, 0.25) is 5.91 Å². The lowest BCUT2D eigenvalue weighted by Gasteiger charge is -2.27. The van der Waals surface area contributed by atoms with Gasteiger partial charge in [-0.3, -0.25) is 24.0 Å². The minimum atomic E-state index is -0.646. The smallest absolute Gasteiger partial charge is 0.269 e. The van der Waals surface area contributed by atoms with Gasteiger partial charge in [0.25, 0.3) is 5.91 Å². The first kappa shape index (κ1) is 20.5. The Labute approximate surface area is 175 Å². The number of pyridine rings is 1. The zero-order chi connectivity index (χ0) is 21.6. The minimum absolute atomic E-state index is 0.0372. The number of aromatic nitrogens is 3. The number of fused-ring (bicyclic) bond motifs is 2. The number of Topliss-reactive ketones (excluding diaryl/α,β-unsaturated/α-hetero) is 1. The molecule has 2 aromatic heterocycles. The Balaban J connectivity index is 1.49. The van der Waals surface area contributed by atoms with Crippen LogP contribution in [-0.2, 0) is 16.1 Å². The zero-order valence-electron chi connectivity index (χ0n) is 17.8. The summed E-state index contributed by atoms with van der Waals surface area (Å²) in [5.41, 5.74) is 6.34. The van der Waals surface area contributed by atoms with Gasteiger partial charge in [0.05, 0.1) is 17.8 Å². The highest BCUT2D eigenvalue weighted by atomic mass is 16.2. The Morgan fingerprint density at radius 3 is 2.70 bits per heavy atom. The van der Waals surface area contributed by atoms with Gasteiger partial charge >= 0.3 is 0 Å². The van der Waals surface area contributed by atoms with Gasteiger partial charge in [0, 0.05) is 24.0 Å². The first-order valence-electron chi connectivity index (χ1n) is 10.6. The highest BCUT2D eigenvalue weighted by molar-refractivity contribution is 6.04. The zero-order valence-corrected chi connectivity index (χ0v) is 17.8. The van der Waals surface area contributed by atoms with E-state index in [0.717, 1.165) is 25.7 Å². The van der Waals surface area contributed by atoms with Gasteiger partial charge in [0.1, 0.15) is 6.54 Å². The van der Waals surface area contributed by atoms with Gasteiger partial charge in [-0.1, -0.05) is 20.8 Å². The van der Waals surface area contributed by atoms with Crippen molar-refractivity contribution in [2.45, 2.75) is 71.5 Å². The largest absolute Gasteiger partial charge is 0.364 e. The summed E-state index contributed by atoms with van der Waals surface area (Å²) < 4.78 is 1.47. The summed E-state index contributed by atoms with van der Waals surface area (Å²) in [6.07, 6.45) is 7.18. The molecule has 2 N–H and O–H groups in total. The van der Waals surface area contributed by atoms with Crippen molar-refractivity contribution in [1.82, 2.24) is 19.7 Å². The van der Waals surface area contributed by atoms with Gasteiger partial charge < -0.3 is 10.6 Å². The molecule has 0 bridgehead atoms. The van der Waals surface area contributed by atoms with E-state index >= 15 is 0 Å². The Kier molecular flexibility index (Phi) is 5.11. The van der Waals surface area contributed by atoms with E-state index in [9.17, 15) is 14.4 Å². The molecule has 1 aliphatic carbocycles. The summed E-state index contributed by atoms with van der Waals surface area (Å²) >= 11 is 0. The van der Waals surface area contributed by atoms with E-state index in [0.29, 0.717) is 23.2 Å². The molecule has 2 aliphatic rings. The normalized spacial score (nSPS) is 22.9. The number of nitrogens with zero attached hydrogens (tertiary/aromatic N) is 4. The van der Waals surface area contributed by atoms with Gasteiger partial charge in [0.15, 0.2) is 11.5 Å². The van der Waals surface area contributed by atoms with Crippen molar-refractivity contribution in [3.63, 3.8) is 0 Å². The number of carbonyl (C=O) groups is 3. The van der Waals surface area contributed by atoms with Crippen molar-refractivity contribution in [3.8, 4) is 0 Å². The monoisotopic (exact) mass is 411 g/mol. The molecule has 2 aromatic rings. The van der Waals surface area contributed by atoms with Gasteiger partial charge in [-0.05, 0) is 43.1 Å². The molecule has 160 valence electrons. The third-order valence-electron chi connectivity index (χ3n) is 6.19. The topological polar surface area (TPSA) is 111 Å². The average molecular weight is 412 g/mol. The lowest BCUT2D eigenvalue weighted by molar-refractivity contribution is -0.139. The standard InChI is InChI=1S/C22H29N5O3/c1-22(2,3)7-4-5-18(28)16-10-13-9-15(13)27(16)19(29)12-26-17-11-24-8-6-14(17)20(25-26)21(23)30/h6,8,11,13,15-16H,4-5,7,9-10,12H2,1-3H3,(H2,23,30)/t13-,15-,16+/m1/s1. The van der Waals surface area contributed by atoms with Crippen LogP contribution in [0.5, 0.6) is 0 Å². The number of hydrogen-bond donors (Lipinski definition) is 1. The summed E-state index contributed by atoms with van der Waals surface area (Å²) in [5.74, 6) is -0.196. The second kappa shape index (κ2) is 7.49. The van der Waals surface area contributed by atoms with Gasteiger partial charge in [-0.2, -0.15) is 5.10 Å². The molecule has 4 rings (SSSR count).